The Balaban J connectivity index is 2.13. The topological polar surface area (TPSA) is 51.8 Å². The number of halogens is 1. The van der Waals surface area contributed by atoms with Crippen LogP contribution in [0.5, 0.6) is 0 Å². The molecule has 0 aliphatic carbocycles. The Hall–Kier alpha value is -1.46. The lowest BCUT2D eigenvalue weighted by Crippen LogP contribution is -2.10. The Bertz CT molecular complexity index is 578. The van der Waals surface area contributed by atoms with E-state index in [1.807, 2.05) is 19.9 Å². The summed E-state index contributed by atoms with van der Waals surface area (Å²) in [7, 11) is 0. The van der Waals surface area contributed by atoms with Gasteiger partial charge in [-0.2, -0.15) is 0 Å². The molecule has 0 atom stereocenters. The largest absolute Gasteiger partial charge is 0.330 e. The zero-order valence-corrected chi connectivity index (χ0v) is 12.5. The van der Waals surface area contributed by atoms with Gasteiger partial charge in [-0.3, -0.25) is 0 Å². The molecule has 2 aromatic rings. The minimum Gasteiger partial charge on any atom is -0.330 e. The van der Waals surface area contributed by atoms with E-state index in [-0.39, 0.29) is 5.82 Å². The molecule has 106 valence electrons. The van der Waals surface area contributed by atoms with E-state index in [1.165, 1.54) is 17.8 Å². The van der Waals surface area contributed by atoms with E-state index < -0.39 is 0 Å². The summed E-state index contributed by atoms with van der Waals surface area (Å²) in [6.45, 7) is 4.53. The number of nitrogens with two attached hydrogens (primary N) is 1. The lowest BCUT2D eigenvalue weighted by molar-refractivity contribution is 0.602. The maximum atomic E-state index is 13.5. The molecule has 0 radical (unpaired) electrons. The van der Waals surface area contributed by atoms with Crippen LogP contribution in [0.1, 0.15) is 22.8 Å². The van der Waals surface area contributed by atoms with Crippen LogP contribution in [0, 0.1) is 19.7 Å². The van der Waals surface area contributed by atoms with Gasteiger partial charge in [-0.1, -0.05) is 12.1 Å². The summed E-state index contributed by atoms with van der Waals surface area (Å²) in [5.74, 6) is 1.09. The molecule has 0 spiro atoms. The second kappa shape index (κ2) is 6.81. The number of thioether (sulfide) groups is 1. The molecule has 0 amide bonds. The molecular formula is C15H18FN3S. The van der Waals surface area contributed by atoms with Crippen LogP contribution in [0.25, 0.3) is 0 Å². The predicted octanol–water partition coefficient (Wildman–Crippen LogP) is 3.03. The van der Waals surface area contributed by atoms with Crippen LogP contribution >= 0.6 is 11.8 Å². The molecule has 0 bridgehead atoms. The van der Waals surface area contributed by atoms with E-state index in [0.29, 0.717) is 17.2 Å². The van der Waals surface area contributed by atoms with Gasteiger partial charge in [-0.15, -0.1) is 11.8 Å². The molecule has 20 heavy (non-hydrogen) atoms. The molecule has 1 aromatic carbocycles. The van der Waals surface area contributed by atoms with Crippen LogP contribution in [0.3, 0.4) is 0 Å². The highest BCUT2D eigenvalue weighted by atomic mass is 32.2. The number of rotatable bonds is 5. The second-order valence-corrected chi connectivity index (χ2v) is 5.56. The Morgan fingerprint density at radius 3 is 2.40 bits per heavy atom. The highest BCUT2D eigenvalue weighted by Crippen LogP contribution is 2.24. The summed E-state index contributed by atoms with van der Waals surface area (Å²) in [5, 5.41) is 0. The third kappa shape index (κ3) is 3.55. The summed E-state index contributed by atoms with van der Waals surface area (Å²) in [5.41, 5.74) is 8.63. The monoisotopic (exact) mass is 291 g/mol. The number of hydrogen-bond acceptors (Lipinski definition) is 4. The molecule has 0 fully saturated rings. The van der Waals surface area contributed by atoms with Gasteiger partial charge in [0.25, 0.3) is 0 Å². The van der Waals surface area contributed by atoms with Crippen molar-refractivity contribution in [1.29, 1.82) is 0 Å². The van der Waals surface area contributed by atoms with Crippen molar-refractivity contribution < 1.29 is 4.39 Å². The van der Waals surface area contributed by atoms with Gasteiger partial charge >= 0.3 is 0 Å². The highest BCUT2D eigenvalue weighted by molar-refractivity contribution is 7.98. The Kier molecular flexibility index (Phi) is 5.09. The predicted molar refractivity (Wildman–Crippen MR) is 80.2 cm³/mol. The normalized spacial score (nSPS) is 10.8. The highest BCUT2D eigenvalue weighted by Gasteiger charge is 2.09. The van der Waals surface area contributed by atoms with Crippen molar-refractivity contribution in [2.75, 3.05) is 6.54 Å². The standard InChI is InChI=1S/C15H18FN3S/c1-10-12(7-8-17)11(2)19-15(18-10)9-20-14-6-4-3-5-13(14)16/h3-6H,7-9,17H2,1-2H3. The zero-order chi connectivity index (χ0) is 14.5. The zero-order valence-electron chi connectivity index (χ0n) is 11.7. The van der Waals surface area contributed by atoms with Crippen LogP contribution < -0.4 is 5.73 Å². The first kappa shape index (κ1) is 14.9. The van der Waals surface area contributed by atoms with Crippen LogP contribution in [-0.4, -0.2) is 16.5 Å². The molecule has 0 aliphatic rings. The Morgan fingerprint density at radius 1 is 1.15 bits per heavy atom. The first-order valence-electron chi connectivity index (χ1n) is 6.52. The molecule has 2 N–H and O–H groups in total. The molecule has 1 aromatic heterocycles. The summed E-state index contributed by atoms with van der Waals surface area (Å²) in [6, 6.07) is 6.74. The number of benzene rings is 1. The smallest absolute Gasteiger partial charge is 0.139 e. The first-order valence-corrected chi connectivity index (χ1v) is 7.50. The minimum absolute atomic E-state index is 0.203. The second-order valence-electron chi connectivity index (χ2n) is 4.55. The lowest BCUT2D eigenvalue weighted by Gasteiger charge is -2.10. The average molecular weight is 291 g/mol. The van der Waals surface area contributed by atoms with Gasteiger partial charge < -0.3 is 5.73 Å². The molecule has 1 heterocycles. The van der Waals surface area contributed by atoms with Crippen molar-refractivity contribution in [3.8, 4) is 0 Å². The number of nitrogens with zero attached hydrogens (tertiary/aromatic N) is 2. The molecule has 5 heteroatoms. The summed E-state index contributed by atoms with van der Waals surface area (Å²) < 4.78 is 13.5. The van der Waals surface area contributed by atoms with Crippen molar-refractivity contribution in [3.63, 3.8) is 0 Å². The van der Waals surface area contributed by atoms with Crippen molar-refractivity contribution in [3.05, 3.63) is 52.9 Å². The minimum atomic E-state index is -0.203. The molecule has 0 aliphatic heterocycles. The maximum absolute atomic E-state index is 13.5. The Labute approximate surface area is 122 Å². The summed E-state index contributed by atoms with van der Waals surface area (Å²) in [6.07, 6.45) is 0.790. The van der Waals surface area contributed by atoms with E-state index in [4.69, 9.17) is 5.73 Å². The number of aryl methyl sites for hydroxylation is 2. The molecule has 0 unspecified atom stereocenters. The van der Waals surface area contributed by atoms with Crippen molar-refractivity contribution in [2.24, 2.45) is 5.73 Å². The van der Waals surface area contributed by atoms with Gasteiger partial charge in [0.15, 0.2) is 0 Å². The fourth-order valence-corrected chi connectivity index (χ4v) is 2.88. The van der Waals surface area contributed by atoms with Gasteiger partial charge in [-0.05, 0) is 44.5 Å². The van der Waals surface area contributed by atoms with Crippen LogP contribution in [0.4, 0.5) is 4.39 Å². The Morgan fingerprint density at radius 2 is 1.80 bits per heavy atom. The van der Waals surface area contributed by atoms with Gasteiger partial charge in [0.1, 0.15) is 11.6 Å². The third-order valence-corrected chi connectivity index (χ3v) is 4.10. The molecule has 3 nitrogen and oxygen atoms in total. The number of aromatic nitrogens is 2. The SMILES string of the molecule is Cc1nc(CSc2ccccc2F)nc(C)c1CCN. The fourth-order valence-electron chi connectivity index (χ4n) is 2.08. The van der Waals surface area contributed by atoms with Crippen LogP contribution in [0.15, 0.2) is 29.2 Å². The molecule has 2 rings (SSSR count). The van der Waals surface area contributed by atoms with E-state index >= 15 is 0 Å². The van der Waals surface area contributed by atoms with E-state index in [0.717, 1.165) is 29.2 Å². The van der Waals surface area contributed by atoms with Gasteiger partial charge in [-0.25, -0.2) is 14.4 Å². The third-order valence-electron chi connectivity index (χ3n) is 3.05. The first-order chi connectivity index (χ1) is 9.61. The summed E-state index contributed by atoms with van der Waals surface area (Å²) in [4.78, 5) is 9.60. The van der Waals surface area contributed by atoms with Gasteiger partial charge in [0.05, 0.1) is 5.75 Å². The average Bonchev–Trinajstić information content (AvgIpc) is 2.42. The lowest BCUT2D eigenvalue weighted by atomic mass is 10.1. The molecule has 0 saturated carbocycles. The van der Waals surface area contributed by atoms with Crippen LogP contribution in [-0.2, 0) is 12.2 Å². The van der Waals surface area contributed by atoms with E-state index in [1.54, 1.807) is 12.1 Å². The number of hydrogen-bond donors (Lipinski definition) is 1. The fraction of sp³-hybridized carbons (Fsp3) is 0.333. The van der Waals surface area contributed by atoms with Crippen LogP contribution in [0.2, 0.25) is 0 Å². The quantitative estimate of drug-likeness (QED) is 0.860. The van der Waals surface area contributed by atoms with Crippen molar-refractivity contribution in [1.82, 2.24) is 9.97 Å². The maximum Gasteiger partial charge on any atom is 0.139 e. The van der Waals surface area contributed by atoms with Gasteiger partial charge in [0, 0.05) is 16.3 Å². The molecule has 0 saturated heterocycles. The van der Waals surface area contributed by atoms with E-state index in [9.17, 15) is 4.39 Å². The summed E-state index contributed by atoms with van der Waals surface area (Å²) >= 11 is 1.41. The van der Waals surface area contributed by atoms with Crippen molar-refractivity contribution in [2.45, 2.75) is 30.9 Å². The van der Waals surface area contributed by atoms with Gasteiger partial charge in [0.2, 0.25) is 0 Å². The van der Waals surface area contributed by atoms with E-state index in [2.05, 4.69) is 9.97 Å². The molecular weight excluding hydrogens is 273 g/mol. The van der Waals surface area contributed by atoms with Crippen molar-refractivity contribution >= 4 is 11.8 Å².